The van der Waals surface area contributed by atoms with Crippen LogP contribution in [0.1, 0.15) is 43.5 Å². The van der Waals surface area contributed by atoms with Gasteiger partial charge in [-0.15, -0.1) is 0 Å². The van der Waals surface area contributed by atoms with Crippen LogP contribution in [-0.4, -0.2) is 28.6 Å². The van der Waals surface area contributed by atoms with Crippen LogP contribution in [0.5, 0.6) is 5.75 Å². The first-order valence-corrected chi connectivity index (χ1v) is 11.1. The SMILES string of the molecule is CC(C)(NC(=O)c1ccc2ccccc2c1OC(CC1=CC=CCC1)C1=COC=CO1)C(=O)O. The van der Waals surface area contributed by atoms with Crippen LogP contribution in [0.25, 0.3) is 10.8 Å². The van der Waals surface area contributed by atoms with Gasteiger partial charge in [-0.3, -0.25) is 4.79 Å². The van der Waals surface area contributed by atoms with E-state index in [2.05, 4.69) is 17.5 Å². The first kappa shape index (κ1) is 23.2. The predicted octanol–water partition coefficient (Wildman–Crippen LogP) is 5.21. The molecule has 1 aliphatic heterocycles. The van der Waals surface area contributed by atoms with E-state index in [1.807, 2.05) is 36.4 Å². The van der Waals surface area contributed by atoms with E-state index in [0.717, 1.165) is 23.6 Å². The van der Waals surface area contributed by atoms with Gasteiger partial charge in [0.25, 0.3) is 5.91 Å². The molecule has 7 nitrogen and oxygen atoms in total. The van der Waals surface area contributed by atoms with Crippen molar-refractivity contribution in [2.24, 2.45) is 0 Å². The van der Waals surface area contributed by atoms with Gasteiger partial charge in [-0.1, -0.05) is 54.1 Å². The number of carboxylic acid groups (broad SMARTS) is 1. The number of carboxylic acids is 1. The number of aliphatic carboxylic acids is 1. The van der Waals surface area contributed by atoms with Gasteiger partial charge < -0.3 is 24.6 Å². The van der Waals surface area contributed by atoms with Crippen LogP contribution in [0.3, 0.4) is 0 Å². The molecule has 1 unspecified atom stereocenters. The molecule has 0 saturated carbocycles. The molecule has 7 heteroatoms. The Morgan fingerprint density at radius 3 is 2.71 bits per heavy atom. The van der Waals surface area contributed by atoms with Gasteiger partial charge >= 0.3 is 5.97 Å². The van der Waals surface area contributed by atoms with Crippen molar-refractivity contribution >= 4 is 22.6 Å². The van der Waals surface area contributed by atoms with E-state index in [1.54, 1.807) is 6.07 Å². The van der Waals surface area contributed by atoms with E-state index in [1.165, 1.54) is 38.2 Å². The second kappa shape index (κ2) is 9.87. The molecule has 34 heavy (non-hydrogen) atoms. The Kier molecular flexibility index (Phi) is 6.72. The normalized spacial score (nSPS) is 16.1. The Bertz CT molecular complexity index is 1220. The Labute approximate surface area is 198 Å². The molecule has 1 amide bonds. The Balaban J connectivity index is 1.75. The highest BCUT2D eigenvalue weighted by Crippen LogP contribution is 2.34. The Morgan fingerprint density at radius 1 is 1.18 bits per heavy atom. The number of amides is 1. The lowest BCUT2D eigenvalue weighted by molar-refractivity contribution is -0.143. The number of fused-ring (bicyclic) bond motifs is 1. The summed E-state index contributed by atoms with van der Waals surface area (Å²) in [5, 5.41) is 13.7. The number of benzene rings is 2. The van der Waals surface area contributed by atoms with E-state index >= 15 is 0 Å². The van der Waals surface area contributed by atoms with Crippen LogP contribution in [0, 0.1) is 0 Å². The van der Waals surface area contributed by atoms with Crippen molar-refractivity contribution in [2.75, 3.05) is 0 Å². The molecular formula is C27H27NO6. The summed E-state index contributed by atoms with van der Waals surface area (Å²) in [4.78, 5) is 24.8. The lowest BCUT2D eigenvalue weighted by Crippen LogP contribution is -2.49. The lowest BCUT2D eigenvalue weighted by atomic mass is 9.98. The summed E-state index contributed by atoms with van der Waals surface area (Å²) in [6.45, 7) is 2.87. The van der Waals surface area contributed by atoms with Crippen LogP contribution < -0.4 is 10.1 Å². The summed E-state index contributed by atoms with van der Waals surface area (Å²) in [6, 6.07) is 11.0. The predicted molar refractivity (Wildman–Crippen MR) is 128 cm³/mol. The quantitative estimate of drug-likeness (QED) is 0.561. The Hall–Kier alpha value is -4.00. The molecule has 4 rings (SSSR count). The fourth-order valence-corrected chi connectivity index (χ4v) is 3.78. The zero-order valence-corrected chi connectivity index (χ0v) is 19.1. The van der Waals surface area contributed by atoms with Crippen molar-refractivity contribution in [1.29, 1.82) is 0 Å². The minimum Gasteiger partial charge on any atom is -0.481 e. The molecule has 2 aliphatic rings. The minimum absolute atomic E-state index is 0.239. The summed E-state index contributed by atoms with van der Waals surface area (Å²) in [5.41, 5.74) is -0.0278. The topological polar surface area (TPSA) is 94.1 Å². The van der Waals surface area contributed by atoms with Crippen molar-refractivity contribution in [1.82, 2.24) is 5.32 Å². The number of carbonyl (C=O) groups is 2. The van der Waals surface area contributed by atoms with Crippen LogP contribution >= 0.6 is 0 Å². The molecule has 0 radical (unpaired) electrons. The van der Waals surface area contributed by atoms with Gasteiger partial charge in [0, 0.05) is 11.8 Å². The third kappa shape index (κ3) is 5.14. The van der Waals surface area contributed by atoms with Crippen molar-refractivity contribution in [3.05, 3.63) is 90.3 Å². The van der Waals surface area contributed by atoms with Gasteiger partial charge in [0.05, 0.1) is 5.56 Å². The molecule has 0 aromatic heterocycles. The van der Waals surface area contributed by atoms with Crippen molar-refractivity contribution in [2.45, 2.75) is 44.8 Å². The van der Waals surface area contributed by atoms with E-state index in [-0.39, 0.29) is 5.56 Å². The second-order valence-electron chi connectivity index (χ2n) is 8.70. The average molecular weight is 462 g/mol. The highest BCUT2D eigenvalue weighted by atomic mass is 16.6. The van der Waals surface area contributed by atoms with Gasteiger partial charge in [-0.25, -0.2) is 4.79 Å². The number of hydrogen-bond donors (Lipinski definition) is 2. The molecule has 0 spiro atoms. The fraction of sp³-hybridized carbons (Fsp3) is 0.259. The molecular weight excluding hydrogens is 434 g/mol. The summed E-state index contributed by atoms with van der Waals surface area (Å²) < 4.78 is 17.5. The summed E-state index contributed by atoms with van der Waals surface area (Å²) in [7, 11) is 0. The summed E-state index contributed by atoms with van der Waals surface area (Å²) in [5.74, 6) is -0.846. The standard InChI is InChI=1S/C27H27NO6/c1-27(2,26(30)31)28-25(29)21-13-12-19-10-6-7-11-20(19)24(21)34-22(23-17-32-14-15-33-23)16-18-8-4-3-5-9-18/h3-4,6-8,10-15,17,22H,5,9,16H2,1-2H3,(H,28,29)(H,30,31). The lowest BCUT2D eigenvalue weighted by Gasteiger charge is -2.26. The second-order valence-corrected chi connectivity index (χ2v) is 8.70. The highest BCUT2D eigenvalue weighted by Gasteiger charge is 2.32. The Morgan fingerprint density at radius 2 is 2.00 bits per heavy atom. The number of allylic oxidation sites excluding steroid dienone is 3. The van der Waals surface area contributed by atoms with E-state index in [4.69, 9.17) is 14.2 Å². The van der Waals surface area contributed by atoms with Gasteiger partial charge in [-0.2, -0.15) is 0 Å². The number of carbonyl (C=O) groups excluding carboxylic acids is 1. The molecule has 2 N–H and O–H groups in total. The first-order valence-electron chi connectivity index (χ1n) is 11.1. The van der Waals surface area contributed by atoms with Crippen LogP contribution in [0.15, 0.2) is 84.7 Å². The molecule has 2 aromatic carbocycles. The monoisotopic (exact) mass is 461 g/mol. The molecule has 1 atom stereocenters. The van der Waals surface area contributed by atoms with Crippen LogP contribution in [0.4, 0.5) is 0 Å². The van der Waals surface area contributed by atoms with Crippen molar-refractivity contribution in [3.63, 3.8) is 0 Å². The maximum absolute atomic E-state index is 13.2. The maximum Gasteiger partial charge on any atom is 0.328 e. The van der Waals surface area contributed by atoms with E-state index < -0.39 is 23.5 Å². The third-order valence-corrected chi connectivity index (χ3v) is 5.73. The fourth-order valence-electron chi connectivity index (χ4n) is 3.78. The number of rotatable bonds is 8. The van der Waals surface area contributed by atoms with Gasteiger partial charge in [0.1, 0.15) is 30.1 Å². The van der Waals surface area contributed by atoms with Gasteiger partial charge in [0.2, 0.25) is 0 Å². The summed E-state index contributed by atoms with van der Waals surface area (Å²) >= 11 is 0. The van der Waals surface area contributed by atoms with E-state index in [9.17, 15) is 14.7 Å². The molecule has 0 bridgehead atoms. The molecule has 176 valence electrons. The maximum atomic E-state index is 13.2. The van der Waals surface area contributed by atoms with Crippen LogP contribution in [-0.2, 0) is 14.3 Å². The molecule has 0 fully saturated rings. The van der Waals surface area contributed by atoms with Gasteiger partial charge in [-0.05, 0) is 38.1 Å². The molecule has 1 aliphatic carbocycles. The minimum atomic E-state index is -1.45. The smallest absolute Gasteiger partial charge is 0.328 e. The average Bonchev–Trinajstić information content (AvgIpc) is 2.84. The molecule has 1 heterocycles. The van der Waals surface area contributed by atoms with Crippen molar-refractivity contribution in [3.8, 4) is 5.75 Å². The molecule has 0 saturated heterocycles. The first-order chi connectivity index (χ1) is 16.3. The third-order valence-electron chi connectivity index (χ3n) is 5.73. The number of hydrogen-bond acceptors (Lipinski definition) is 5. The zero-order chi connectivity index (χ0) is 24.1. The molecule has 2 aromatic rings. The number of ether oxygens (including phenoxy) is 3. The van der Waals surface area contributed by atoms with Crippen molar-refractivity contribution < 1.29 is 28.9 Å². The van der Waals surface area contributed by atoms with Crippen LogP contribution in [0.2, 0.25) is 0 Å². The summed E-state index contributed by atoms with van der Waals surface area (Å²) in [6.07, 6.45) is 12.4. The number of nitrogens with one attached hydrogen (secondary N) is 1. The van der Waals surface area contributed by atoms with E-state index in [0.29, 0.717) is 17.9 Å². The largest absolute Gasteiger partial charge is 0.481 e. The zero-order valence-electron chi connectivity index (χ0n) is 19.1. The van der Waals surface area contributed by atoms with Gasteiger partial charge in [0.15, 0.2) is 11.9 Å². The highest BCUT2D eigenvalue weighted by molar-refractivity contribution is 6.05.